The average Bonchev–Trinajstić information content (AvgIpc) is 3.23. The second kappa shape index (κ2) is 5.94. The molecule has 5 heteroatoms. The van der Waals surface area contributed by atoms with E-state index in [-0.39, 0.29) is 11.6 Å². The van der Waals surface area contributed by atoms with Crippen molar-refractivity contribution in [1.29, 1.82) is 0 Å². The number of hydrogen-bond acceptors (Lipinski definition) is 3. The van der Waals surface area contributed by atoms with Crippen LogP contribution in [0, 0.1) is 5.92 Å². The van der Waals surface area contributed by atoms with Crippen molar-refractivity contribution in [2.45, 2.75) is 44.6 Å². The Labute approximate surface area is 152 Å². The lowest BCUT2D eigenvalue weighted by atomic mass is 9.88. The molecule has 1 unspecified atom stereocenters. The van der Waals surface area contributed by atoms with Crippen LogP contribution in [0.15, 0.2) is 47.4 Å². The first-order chi connectivity index (χ1) is 12.7. The highest BCUT2D eigenvalue weighted by Gasteiger charge is 2.39. The minimum absolute atomic E-state index is 0.109. The molecule has 132 valence electrons. The minimum Gasteiger partial charge on any atom is -0.329 e. The molecule has 5 nitrogen and oxygen atoms in total. The fourth-order valence-electron chi connectivity index (χ4n) is 4.16. The summed E-state index contributed by atoms with van der Waals surface area (Å²) in [7, 11) is 0. The van der Waals surface area contributed by atoms with Crippen LogP contribution in [0.1, 0.15) is 55.1 Å². The zero-order valence-electron chi connectivity index (χ0n) is 14.9. The molecule has 0 amide bonds. The van der Waals surface area contributed by atoms with E-state index in [1.54, 1.807) is 12.3 Å². The lowest BCUT2D eigenvalue weighted by Crippen LogP contribution is -2.19. The van der Waals surface area contributed by atoms with Crippen molar-refractivity contribution in [3.05, 3.63) is 69.9 Å². The largest absolute Gasteiger partial charge is 0.329 e. The van der Waals surface area contributed by atoms with Crippen LogP contribution in [0.25, 0.3) is 11.4 Å². The van der Waals surface area contributed by atoms with Gasteiger partial charge in [-0.15, -0.1) is 0 Å². The van der Waals surface area contributed by atoms with Crippen LogP contribution in [0.4, 0.5) is 0 Å². The Morgan fingerprint density at radius 1 is 1.23 bits per heavy atom. The SMILES string of the molecule is C[C@@H]1C[C@H]1c1nc(-c2cc[nH]c(=O)c2)n(C2CCCc3ccccc32)n1. The van der Waals surface area contributed by atoms with Gasteiger partial charge < -0.3 is 4.98 Å². The third-order valence-electron chi connectivity index (χ3n) is 5.76. The van der Waals surface area contributed by atoms with Crippen LogP contribution in [-0.4, -0.2) is 19.7 Å². The number of benzene rings is 1. The summed E-state index contributed by atoms with van der Waals surface area (Å²) < 4.78 is 2.08. The first-order valence-electron chi connectivity index (χ1n) is 9.44. The Kier molecular flexibility index (Phi) is 3.55. The van der Waals surface area contributed by atoms with Gasteiger partial charge in [0.15, 0.2) is 11.6 Å². The summed E-state index contributed by atoms with van der Waals surface area (Å²) in [5.41, 5.74) is 3.47. The standard InChI is InChI=1S/C21H22N4O/c1-13-11-17(13)20-23-21(15-9-10-22-19(26)12-15)25(24-20)18-8-4-6-14-5-2-3-7-16(14)18/h2-3,5,7,9-10,12-13,17-18H,4,6,8,11H2,1H3,(H,22,26)/t13-,17-,18?/m1/s1. The molecule has 0 aliphatic heterocycles. The second-order valence-corrected chi connectivity index (χ2v) is 7.61. The van der Waals surface area contributed by atoms with Gasteiger partial charge in [0, 0.05) is 23.7 Å². The number of aromatic amines is 1. The summed E-state index contributed by atoms with van der Waals surface area (Å²) in [5.74, 6) is 2.84. The fourth-order valence-corrected chi connectivity index (χ4v) is 4.16. The molecule has 2 aliphatic rings. The number of nitrogens with one attached hydrogen (secondary N) is 1. The normalized spacial score (nSPS) is 24.3. The van der Waals surface area contributed by atoms with Gasteiger partial charge in [0.05, 0.1) is 6.04 Å². The molecular weight excluding hydrogens is 324 g/mol. The maximum atomic E-state index is 11.8. The molecule has 2 heterocycles. The fraction of sp³-hybridized carbons (Fsp3) is 0.381. The number of pyridine rings is 1. The summed E-state index contributed by atoms with van der Waals surface area (Å²) in [6.07, 6.45) is 6.15. The van der Waals surface area contributed by atoms with Crippen LogP contribution in [0.5, 0.6) is 0 Å². The number of aryl methyl sites for hydroxylation is 1. The molecule has 2 aromatic heterocycles. The molecule has 1 fully saturated rings. The van der Waals surface area contributed by atoms with E-state index in [9.17, 15) is 4.79 Å². The third-order valence-corrected chi connectivity index (χ3v) is 5.76. The lowest BCUT2D eigenvalue weighted by molar-refractivity contribution is 0.451. The van der Waals surface area contributed by atoms with Crippen LogP contribution < -0.4 is 5.56 Å². The van der Waals surface area contributed by atoms with Gasteiger partial charge in [-0.2, -0.15) is 5.10 Å². The monoisotopic (exact) mass is 346 g/mol. The Bertz CT molecular complexity index is 1020. The van der Waals surface area contributed by atoms with Gasteiger partial charge in [-0.3, -0.25) is 4.79 Å². The summed E-state index contributed by atoms with van der Waals surface area (Å²) in [6, 6.07) is 12.4. The van der Waals surface area contributed by atoms with E-state index in [2.05, 4.69) is 40.9 Å². The smallest absolute Gasteiger partial charge is 0.248 e. The van der Waals surface area contributed by atoms with E-state index in [4.69, 9.17) is 10.1 Å². The number of hydrogen-bond donors (Lipinski definition) is 1. The molecule has 2 aliphatic carbocycles. The van der Waals surface area contributed by atoms with E-state index in [0.29, 0.717) is 11.8 Å². The first-order valence-corrected chi connectivity index (χ1v) is 9.44. The number of aromatic nitrogens is 4. The van der Waals surface area contributed by atoms with Gasteiger partial charge >= 0.3 is 0 Å². The molecule has 0 bridgehead atoms. The topological polar surface area (TPSA) is 63.6 Å². The number of fused-ring (bicyclic) bond motifs is 1. The van der Waals surface area contributed by atoms with Crippen LogP contribution in [0.2, 0.25) is 0 Å². The minimum atomic E-state index is -0.109. The highest BCUT2D eigenvalue weighted by Crippen LogP contribution is 2.46. The summed E-state index contributed by atoms with van der Waals surface area (Å²) in [6.45, 7) is 2.24. The zero-order chi connectivity index (χ0) is 17.7. The Balaban J connectivity index is 1.66. The summed E-state index contributed by atoms with van der Waals surface area (Å²) in [5, 5.41) is 4.94. The quantitative estimate of drug-likeness (QED) is 0.787. The van der Waals surface area contributed by atoms with E-state index >= 15 is 0 Å². The maximum Gasteiger partial charge on any atom is 0.248 e. The van der Waals surface area contributed by atoms with Gasteiger partial charge in [0.2, 0.25) is 5.56 Å². The molecule has 0 spiro atoms. The second-order valence-electron chi connectivity index (χ2n) is 7.61. The van der Waals surface area contributed by atoms with Crippen LogP contribution >= 0.6 is 0 Å². The molecule has 0 radical (unpaired) electrons. The Morgan fingerprint density at radius 3 is 2.88 bits per heavy atom. The molecule has 1 saturated carbocycles. The van der Waals surface area contributed by atoms with E-state index in [1.807, 2.05) is 6.07 Å². The molecule has 3 aromatic rings. The van der Waals surface area contributed by atoms with Gasteiger partial charge in [-0.25, -0.2) is 9.67 Å². The van der Waals surface area contributed by atoms with E-state index in [1.165, 1.54) is 11.1 Å². The number of H-pyrrole nitrogens is 1. The Hall–Kier alpha value is -2.69. The Morgan fingerprint density at radius 2 is 2.08 bits per heavy atom. The van der Waals surface area contributed by atoms with E-state index < -0.39 is 0 Å². The average molecular weight is 346 g/mol. The van der Waals surface area contributed by atoms with Crippen LogP contribution in [-0.2, 0) is 6.42 Å². The number of nitrogens with zero attached hydrogens (tertiary/aromatic N) is 3. The van der Waals surface area contributed by atoms with Gasteiger partial charge in [0.1, 0.15) is 0 Å². The van der Waals surface area contributed by atoms with Gasteiger partial charge in [-0.05, 0) is 48.8 Å². The van der Waals surface area contributed by atoms with E-state index in [0.717, 1.165) is 42.9 Å². The summed E-state index contributed by atoms with van der Waals surface area (Å²) >= 11 is 0. The predicted molar refractivity (Wildman–Crippen MR) is 100 cm³/mol. The van der Waals surface area contributed by atoms with Crippen molar-refractivity contribution in [3.8, 4) is 11.4 Å². The lowest BCUT2D eigenvalue weighted by Gasteiger charge is -2.26. The number of rotatable bonds is 3. The van der Waals surface area contributed by atoms with Gasteiger partial charge in [-0.1, -0.05) is 31.2 Å². The third kappa shape index (κ3) is 2.59. The molecule has 3 atom stereocenters. The van der Waals surface area contributed by atoms with Crippen molar-refractivity contribution in [2.24, 2.45) is 5.92 Å². The highest BCUT2D eigenvalue weighted by atomic mass is 16.1. The molecule has 26 heavy (non-hydrogen) atoms. The first kappa shape index (κ1) is 15.6. The van der Waals surface area contributed by atoms with Crippen molar-refractivity contribution in [2.75, 3.05) is 0 Å². The molecule has 0 saturated heterocycles. The van der Waals surface area contributed by atoms with Gasteiger partial charge in [0.25, 0.3) is 0 Å². The summed E-state index contributed by atoms with van der Waals surface area (Å²) in [4.78, 5) is 19.4. The van der Waals surface area contributed by atoms with Crippen LogP contribution in [0.3, 0.4) is 0 Å². The van der Waals surface area contributed by atoms with Crippen molar-refractivity contribution in [1.82, 2.24) is 19.7 Å². The highest BCUT2D eigenvalue weighted by molar-refractivity contribution is 5.55. The molecule has 1 aromatic carbocycles. The van der Waals surface area contributed by atoms with Crippen molar-refractivity contribution >= 4 is 0 Å². The zero-order valence-corrected chi connectivity index (χ0v) is 14.9. The predicted octanol–water partition coefficient (Wildman–Crippen LogP) is 3.68. The van der Waals surface area contributed by atoms with Crippen molar-refractivity contribution < 1.29 is 0 Å². The maximum absolute atomic E-state index is 11.8. The molecular formula is C21H22N4O. The van der Waals surface area contributed by atoms with Crippen molar-refractivity contribution in [3.63, 3.8) is 0 Å². The molecule has 5 rings (SSSR count). The molecule has 1 N–H and O–H groups in total.